The zero-order valence-corrected chi connectivity index (χ0v) is 45.5. The third-order valence-electron chi connectivity index (χ3n) is 13.6. The van der Waals surface area contributed by atoms with Crippen LogP contribution in [0.1, 0.15) is 330 Å². The van der Waals surface area contributed by atoms with Crippen molar-refractivity contribution in [1.29, 1.82) is 0 Å². The molecule has 0 aliphatic rings. The molecule has 0 saturated heterocycles. The van der Waals surface area contributed by atoms with Crippen LogP contribution in [0.15, 0.2) is 0 Å². The summed E-state index contributed by atoms with van der Waals surface area (Å²) in [6.07, 6.45) is 54.0. The number of rotatable bonds is 53. The molecule has 0 fully saturated rings. The number of carbonyl (C=O) groups excluding carboxylic acids is 3. The van der Waals surface area contributed by atoms with E-state index >= 15 is 0 Å². The Hall–Kier alpha value is -1.59. The second-order valence-corrected chi connectivity index (χ2v) is 22.1. The van der Waals surface area contributed by atoms with E-state index in [-0.39, 0.29) is 31.1 Å². The number of unbranched alkanes of at least 4 members (excludes halogenated alkanes) is 36. The number of hydrogen-bond donors (Lipinski definition) is 0. The summed E-state index contributed by atoms with van der Waals surface area (Å²) >= 11 is 0. The third-order valence-corrected chi connectivity index (χ3v) is 13.6. The van der Waals surface area contributed by atoms with Crippen LogP contribution in [0.4, 0.5) is 0 Å². The average molecular weight is 934 g/mol. The van der Waals surface area contributed by atoms with Gasteiger partial charge in [-0.25, -0.2) is 0 Å². The summed E-state index contributed by atoms with van der Waals surface area (Å²) in [5.41, 5.74) is 0. The summed E-state index contributed by atoms with van der Waals surface area (Å²) < 4.78 is 16.9. The van der Waals surface area contributed by atoms with Crippen molar-refractivity contribution in [3.63, 3.8) is 0 Å². The minimum Gasteiger partial charge on any atom is -0.462 e. The van der Waals surface area contributed by atoms with Gasteiger partial charge in [0.1, 0.15) is 13.2 Å². The molecule has 0 amide bonds. The molecule has 6 nitrogen and oxygen atoms in total. The van der Waals surface area contributed by atoms with Gasteiger partial charge >= 0.3 is 17.9 Å². The Labute approximate surface area is 412 Å². The van der Waals surface area contributed by atoms with Gasteiger partial charge in [0, 0.05) is 19.3 Å². The molecule has 0 aromatic heterocycles. The van der Waals surface area contributed by atoms with Gasteiger partial charge in [0.2, 0.25) is 0 Å². The molecule has 0 radical (unpaired) electrons. The van der Waals surface area contributed by atoms with Crippen LogP contribution in [0.5, 0.6) is 0 Å². The fraction of sp³-hybridized carbons (Fsp3) is 0.950. The first-order valence-electron chi connectivity index (χ1n) is 29.6. The fourth-order valence-electron chi connectivity index (χ4n) is 9.18. The number of esters is 3. The molecular weight excluding hydrogens is 817 g/mol. The van der Waals surface area contributed by atoms with Crippen molar-refractivity contribution in [2.24, 2.45) is 17.8 Å². The normalized spacial score (nSPS) is 12.1. The predicted molar refractivity (Wildman–Crippen MR) is 284 cm³/mol. The van der Waals surface area contributed by atoms with Crippen LogP contribution in [0.2, 0.25) is 0 Å². The summed E-state index contributed by atoms with van der Waals surface area (Å²) in [7, 11) is 0. The molecule has 6 heteroatoms. The summed E-state index contributed by atoms with van der Waals surface area (Å²) in [5, 5.41) is 0. The lowest BCUT2D eigenvalue weighted by Crippen LogP contribution is -2.30. The minimum absolute atomic E-state index is 0.0638. The van der Waals surface area contributed by atoms with Gasteiger partial charge in [-0.2, -0.15) is 0 Å². The van der Waals surface area contributed by atoms with E-state index in [1.165, 1.54) is 212 Å². The number of ether oxygens (including phenoxy) is 3. The lowest BCUT2D eigenvalue weighted by Gasteiger charge is -2.18. The zero-order chi connectivity index (χ0) is 48.4. The molecule has 0 aliphatic heterocycles. The monoisotopic (exact) mass is 933 g/mol. The van der Waals surface area contributed by atoms with Crippen LogP contribution in [0.3, 0.4) is 0 Å². The number of carbonyl (C=O) groups is 3. The second-order valence-electron chi connectivity index (χ2n) is 22.1. The largest absolute Gasteiger partial charge is 0.462 e. The lowest BCUT2D eigenvalue weighted by molar-refractivity contribution is -0.167. The molecule has 66 heavy (non-hydrogen) atoms. The van der Waals surface area contributed by atoms with Crippen LogP contribution < -0.4 is 0 Å². The lowest BCUT2D eigenvalue weighted by atomic mass is 10.0. The molecular formula is C60H116O6. The van der Waals surface area contributed by atoms with Crippen molar-refractivity contribution in [2.75, 3.05) is 13.2 Å². The third kappa shape index (κ3) is 53.4. The molecule has 0 heterocycles. The van der Waals surface area contributed by atoms with E-state index in [9.17, 15) is 14.4 Å². The van der Waals surface area contributed by atoms with Gasteiger partial charge in [-0.1, -0.05) is 292 Å². The van der Waals surface area contributed by atoms with Crippen molar-refractivity contribution >= 4 is 17.9 Å². The molecule has 392 valence electrons. The van der Waals surface area contributed by atoms with Gasteiger partial charge in [0.05, 0.1) is 0 Å². The maximum Gasteiger partial charge on any atom is 0.306 e. The molecule has 0 rings (SSSR count). The van der Waals surface area contributed by atoms with E-state index in [1.54, 1.807) is 0 Å². The van der Waals surface area contributed by atoms with Crippen LogP contribution in [0.25, 0.3) is 0 Å². The SMILES string of the molecule is CC(C)CCCCCCCCCCCCCCCCCCCCC(=O)OC[C@@H](COC(=O)CCCCCCCCCC(C)C)OC(=O)CCCCCCCCCCCCCCCCC(C)C. The average Bonchev–Trinajstić information content (AvgIpc) is 3.28. The van der Waals surface area contributed by atoms with Crippen molar-refractivity contribution in [3.8, 4) is 0 Å². The van der Waals surface area contributed by atoms with Crippen molar-refractivity contribution in [3.05, 3.63) is 0 Å². The first kappa shape index (κ1) is 64.4. The van der Waals surface area contributed by atoms with Crippen molar-refractivity contribution in [1.82, 2.24) is 0 Å². The summed E-state index contributed by atoms with van der Waals surface area (Å²) in [6.45, 7) is 13.7. The molecule has 0 aromatic rings. The van der Waals surface area contributed by atoms with Gasteiger partial charge < -0.3 is 14.2 Å². The topological polar surface area (TPSA) is 78.9 Å². The Bertz CT molecular complexity index is 1020. The highest BCUT2D eigenvalue weighted by atomic mass is 16.6. The Morgan fingerprint density at radius 1 is 0.258 bits per heavy atom. The van der Waals surface area contributed by atoms with Crippen molar-refractivity contribution < 1.29 is 28.6 Å². The highest BCUT2D eigenvalue weighted by Crippen LogP contribution is 2.19. The van der Waals surface area contributed by atoms with Gasteiger partial charge in [-0.3, -0.25) is 14.4 Å². The Morgan fingerprint density at radius 3 is 0.652 bits per heavy atom. The van der Waals surface area contributed by atoms with Gasteiger partial charge in [-0.15, -0.1) is 0 Å². The molecule has 0 unspecified atom stereocenters. The molecule has 0 saturated carbocycles. The van der Waals surface area contributed by atoms with E-state index in [1.807, 2.05) is 0 Å². The second kappa shape index (κ2) is 51.3. The van der Waals surface area contributed by atoms with Crippen LogP contribution in [-0.4, -0.2) is 37.2 Å². The van der Waals surface area contributed by atoms with Gasteiger partial charge in [0.25, 0.3) is 0 Å². The van der Waals surface area contributed by atoms with Gasteiger partial charge in [0.15, 0.2) is 6.10 Å². The van der Waals surface area contributed by atoms with E-state index < -0.39 is 6.10 Å². The fourth-order valence-corrected chi connectivity index (χ4v) is 9.18. The standard InChI is InChI=1S/C60H116O6/c1-54(2)46-40-34-28-23-19-15-11-9-7-8-10-12-17-21-25-31-37-43-49-58(61)64-52-57(53-65-59(62)50-44-38-33-27-30-36-42-48-56(5)6)66-60(63)51-45-39-32-26-22-18-14-13-16-20-24-29-35-41-47-55(3)4/h54-57H,7-53H2,1-6H3/t57-/m0/s1. The number of hydrogen-bond acceptors (Lipinski definition) is 6. The predicted octanol–water partition coefficient (Wildman–Crippen LogP) is 19.5. The highest BCUT2D eigenvalue weighted by Gasteiger charge is 2.19. The summed E-state index contributed by atoms with van der Waals surface area (Å²) in [5.74, 6) is 1.64. The molecule has 0 aromatic carbocycles. The Balaban J connectivity index is 4.21. The van der Waals surface area contributed by atoms with E-state index in [4.69, 9.17) is 14.2 Å². The highest BCUT2D eigenvalue weighted by molar-refractivity contribution is 5.71. The molecule has 0 bridgehead atoms. The van der Waals surface area contributed by atoms with Crippen molar-refractivity contribution in [2.45, 2.75) is 337 Å². The van der Waals surface area contributed by atoms with Crippen LogP contribution in [0, 0.1) is 17.8 Å². The first-order valence-corrected chi connectivity index (χ1v) is 29.6. The smallest absolute Gasteiger partial charge is 0.306 e. The maximum atomic E-state index is 12.8. The van der Waals surface area contributed by atoms with Gasteiger partial charge in [-0.05, 0) is 37.0 Å². The molecule has 1 atom stereocenters. The zero-order valence-electron chi connectivity index (χ0n) is 45.5. The van der Waals surface area contributed by atoms with E-state index in [0.29, 0.717) is 19.3 Å². The van der Waals surface area contributed by atoms with Crippen LogP contribution >= 0.6 is 0 Å². The first-order chi connectivity index (χ1) is 32.1. The Kier molecular flexibility index (Phi) is 50.0. The Morgan fingerprint density at radius 2 is 0.439 bits per heavy atom. The van der Waals surface area contributed by atoms with E-state index in [2.05, 4.69) is 41.5 Å². The van der Waals surface area contributed by atoms with Crippen LogP contribution in [-0.2, 0) is 28.6 Å². The molecule has 0 N–H and O–H groups in total. The minimum atomic E-state index is -0.764. The molecule has 0 spiro atoms. The maximum absolute atomic E-state index is 12.8. The molecule has 0 aliphatic carbocycles. The van der Waals surface area contributed by atoms with E-state index in [0.717, 1.165) is 75.5 Å². The summed E-state index contributed by atoms with van der Waals surface area (Å²) in [6, 6.07) is 0. The summed E-state index contributed by atoms with van der Waals surface area (Å²) in [4.78, 5) is 38.1. The quantitative estimate of drug-likeness (QED) is 0.0343.